The molecule has 3 rings (SSSR count). The average molecular weight is 459 g/mol. The first-order valence-electron chi connectivity index (χ1n) is 6.80. The molecule has 0 radical (unpaired) electrons. The third-order valence-electron chi connectivity index (χ3n) is 3.66. The molecule has 4 heteroatoms. The highest BCUT2D eigenvalue weighted by molar-refractivity contribution is 14.1. The molecule has 0 saturated carbocycles. The Kier molecular flexibility index (Phi) is 4.05. The minimum Gasteiger partial charge on any atom is -0.487 e. The number of ether oxygens (including phenoxy) is 1. The highest BCUT2D eigenvalue weighted by Gasteiger charge is 2.30. The fourth-order valence-electron chi connectivity index (χ4n) is 2.70. The molecule has 21 heavy (non-hydrogen) atoms. The molecule has 0 aliphatic carbocycles. The largest absolute Gasteiger partial charge is 0.487 e. The van der Waals surface area contributed by atoms with Crippen LogP contribution in [0.2, 0.25) is 0 Å². The Morgan fingerprint density at radius 2 is 2.00 bits per heavy atom. The van der Waals surface area contributed by atoms with Crippen molar-refractivity contribution in [3.05, 3.63) is 61.1 Å². The van der Waals surface area contributed by atoms with E-state index in [0.29, 0.717) is 0 Å². The third-order valence-corrected chi connectivity index (χ3v) is 5.05. The molecule has 1 unspecified atom stereocenters. The van der Waals surface area contributed by atoms with E-state index in [-0.39, 0.29) is 5.60 Å². The number of aliphatic hydroxyl groups is 1. The quantitative estimate of drug-likeness (QED) is 0.652. The lowest BCUT2D eigenvalue weighted by molar-refractivity contribution is 0.138. The van der Waals surface area contributed by atoms with E-state index in [4.69, 9.17) is 4.74 Å². The summed E-state index contributed by atoms with van der Waals surface area (Å²) < 4.78 is 7.92. The number of halogens is 2. The Hall–Kier alpha value is -0.590. The van der Waals surface area contributed by atoms with Crippen LogP contribution in [-0.4, -0.2) is 10.7 Å². The lowest BCUT2D eigenvalue weighted by Crippen LogP contribution is -2.24. The lowest BCUT2D eigenvalue weighted by atomic mass is 9.96. The van der Waals surface area contributed by atoms with E-state index in [9.17, 15) is 5.11 Å². The van der Waals surface area contributed by atoms with E-state index in [1.54, 1.807) is 0 Å². The van der Waals surface area contributed by atoms with E-state index in [1.165, 1.54) is 5.56 Å². The van der Waals surface area contributed by atoms with Crippen LogP contribution >= 0.6 is 38.5 Å². The maximum absolute atomic E-state index is 10.7. The molecule has 110 valence electrons. The summed E-state index contributed by atoms with van der Waals surface area (Å²) in [6.07, 6.45) is 0.235. The predicted octanol–water partition coefficient (Wildman–Crippen LogP) is 4.85. The van der Waals surface area contributed by atoms with Crippen LogP contribution in [0.15, 0.2) is 40.9 Å². The number of aliphatic hydroxyl groups excluding tert-OH is 1. The van der Waals surface area contributed by atoms with Crippen molar-refractivity contribution in [2.75, 3.05) is 0 Å². The smallest absolute Gasteiger partial charge is 0.123 e. The van der Waals surface area contributed by atoms with Gasteiger partial charge < -0.3 is 9.84 Å². The average Bonchev–Trinajstić information content (AvgIpc) is 2.73. The van der Waals surface area contributed by atoms with E-state index in [2.05, 4.69) is 58.4 Å². The van der Waals surface area contributed by atoms with Crippen LogP contribution in [0.5, 0.6) is 5.75 Å². The zero-order valence-corrected chi connectivity index (χ0v) is 15.6. The monoisotopic (exact) mass is 458 g/mol. The van der Waals surface area contributed by atoms with Gasteiger partial charge in [0.25, 0.3) is 0 Å². The fraction of sp³-hybridized carbons (Fsp3) is 0.294. The summed E-state index contributed by atoms with van der Waals surface area (Å²) in [4.78, 5) is 0. The minimum absolute atomic E-state index is 0.158. The predicted molar refractivity (Wildman–Crippen MR) is 95.8 cm³/mol. The maximum Gasteiger partial charge on any atom is 0.123 e. The van der Waals surface area contributed by atoms with E-state index < -0.39 is 6.10 Å². The van der Waals surface area contributed by atoms with Crippen LogP contribution in [-0.2, 0) is 6.42 Å². The molecular weight excluding hydrogens is 443 g/mol. The molecule has 2 aromatic rings. The third kappa shape index (κ3) is 3.12. The summed E-state index contributed by atoms with van der Waals surface area (Å²) in [6, 6.07) is 11.9. The first kappa shape index (κ1) is 15.3. The van der Waals surface area contributed by atoms with Crippen LogP contribution in [0.25, 0.3) is 0 Å². The molecule has 1 aliphatic heterocycles. The number of benzene rings is 2. The molecule has 2 nitrogen and oxygen atoms in total. The SMILES string of the molecule is CC1(C)Cc2cc(C(O)c3cc(I)ccc3Br)ccc2O1. The van der Waals surface area contributed by atoms with Gasteiger partial charge in [-0.3, -0.25) is 0 Å². The summed E-state index contributed by atoms with van der Waals surface area (Å²) in [5, 5.41) is 10.7. The summed E-state index contributed by atoms with van der Waals surface area (Å²) in [7, 11) is 0. The second-order valence-corrected chi connectivity index (χ2v) is 8.07. The lowest BCUT2D eigenvalue weighted by Gasteiger charge is -2.16. The Morgan fingerprint density at radius 1 is 1.24 bits per heavy atom. The molecule has 2 aromatic carbocycles. The highest BCUT2D eigenvalue weighted by atomic mass is 127. The van der Waals surface area contributed by atoms with Gasteiger partial charge in [0.15, 0.2) is 0 Å². The van der Waals surface area contributed by atoms with Crippen molar-refractivity contribution in [2.24, 2.45) is 0 Å². The van der Waals surface area contributed by atoms with Gasteiger partial charge in [0.05, 0.1) is 0 Å². The van der Waals surface area contributed by atoms with Gasteiger partial charge in [-0.1, -0.05) is 22.0 Å². The fourth-order valence-corrected chi connectivity index (χ4v) is 3.68. The van der Waals surface area contributed by atoms with Gasteiger partial charge in [-0.25, -0.2) is 0 Å². The molecule has 0 fully saturated rings. The summed E-state index contributed by atoms with van der Waals surface area (Å²) in [5.74, 6) is 0.928. The Balaban J connectivity index is 1.97. The normalized spacial score (nSPS) is 17.2. The van der Waals surface area contributed by atoms with Crippen molar-refractivity contribution < 1.29 is 9.84 Å². The molecule has 0 spiro atoms. The van der Waals surface area contributed by atoms with Gasteiger partial charge in [0.1, 0.15) is 17.5 Å². The molecular formula is C17H16BrIO2. The maximum atomic E-state index is 10.7. The summed E-state index contributed by atoms with van der Waals surface area (Å²) in [6.45, 7) is 4.17. The van der Waals surface area contributed by atoms with Crippen molar-refractivity contribution in [2.45, 2.75) is 32.0 Å². The van der Waals surface area contributed by atoms with Gasteiger partial charge >= 0.3 is 0 Å². The highest BCUT2D eigenvalue weighted by Crippen LogP contribution is 2.38. The van der Waals surface area contributed by atoms with Crippen LogP contribution < -0.4 is 4.74 Å². The van der Waals surface area contributed by atoms with E-state index in [1.807, 2.05) is 30.3 Å². The van der Waals surface area contributed by atoms with Crippen molar-refractivity contribution in [3.8, 4) is 5.75 Å². The zero-order chi connectivity index (χ0) is 15.2. The van der Waals surface area contributed by atoms with Crippen molar-refractivity contribution in [3.63, 3.8) is 0 Å². The van der Waals surface area contributed by atoms with Gasteiger partial charge in [-0.15, -0.1) is 0 Å². The number of fused-ring (bicyclic) bond motifs is 1. The standard InChI is InChI=1S/C17H16BrIO2/c1-17(2)9-11-7-10(3-6-15(11)21-17)16(20)13-8-12(19)4-5-14(13)18/h3-8,16,20H,9H2,1-2H3. The van der Waals surface area contributed by atoms with Crippen LogP contribution in [0.4, 0.5) is 0 Å². The Bertz CT molecular complexity index is 697. The molecule has 0 aromatic heterocycles. The second-order valence-electron chi connectivity index (χ2n) is 5.97. The van der Waals surface area contributed by atoms with Crippen LogP contribution in [0.3, 0.4) is 0 Å². The first-order valence-corrected chi connectivity index (χ1v) is 8.68. The number of hydrogen-bond donors (Lipinski definition) is 1. The minimum atomic E-state index is -0.636. The van der Waals surface area contributed by atoms with Gasteiger partial charge in [0.2, 0.25) is 0 Å². The van der Waals surface area contributed by atoms with E-state index in [0.717, 1.165) is 31.3 Å². The first-order chi connectivity index (χ1) is 9.85. The second kappa shape index (κ2) is 5.56. The molecule has 1 heterocycles. The van der Waals surface area contributed by atoms with Crippen LogP contribution in [0, 0.1) is 3.57 Å². The summed E-state index contributed by atoms with van der Waals surface area (Å²) >= 11 is 5.78. The van der Waals surface area contributed by atoms with Crippen molar-refractivity contribution in [1.82, 2.24) is 0 Å². The molecule has 0 bridgehead atoms. The number of rotatable bonds is 2. The van der Waals surface area contributed by atoms with Gasteiger partial charge in [-0.05, 0) is 77.9 Å². The summed E-state index contributed by atoms with van der Waals surface area (Å²) in [5.41, 5.74) is 2.80. The van der Waals surface area contributed by atoms with Gasteiger partial charge in [0, 0.05) is 20.0 Å². The topological polar surface area (TPSA) is 29.5 Å². The van der Waals surface area contributed by atoms with Crippen LogP contribution in [0.1, 0.15) is 36.6 Å². The Labute approximate surface area is 146 Å². The molecule has 0 amide bonds. The zero-order valence-electron chi connectivity index (χ0n) is 11.9. The molecule has 1 aliphatic rings. The molecule has 1 atom stereocenters. The van der Waals surface area contributed by atoms with E-state index >= 15 is 0 Å². The van der Waals surface area contributed by atoms with Crippen molar-refractivity contribution in [1.29, 1.82) is 0 Å². The molecule has 1 N–H and O–H groups in total. The number of hydrogen-bond acceptors (Lipinski definition) is 2. The Morgan fingerprint density at radius 3 is 2.76 bits per heavy atom. The molecule has 0 saturated heterocycles. The van der Waals surface area contributed by atoms with Gasteiger partial charge in [-0.2, -0.15) is 0 Å². The van der Waals surface area contributed by atoms with Crippen molar-refractivity contribution >= 4 is 38.5 Å².